The summed E-state index contributed by atoms with van der Waals surface area (Å²) in [7, 11) is 1.83. The average molecular weight is 292 g/mol. The number of halogens is 1. The van der Waals surface area contributed by atoms with Gasteiger partial charge < -0.3 is 15.2 Å². The van der Waals surface area contributed by atoms with Gasteiger partial charge in [0.05, 0.1) is 24.4 Å². The summed E-state index contributed by atoms with van der Waals surface area (Å²) in [4.78, 5) is 0. The second kappa shape index (κ2) is 4.06. The van der Waals surface area contributed by atoms with Crippen LogP contribution in [0, 0.1) is 0 Å². The Balaban J connectivity index is 2.07. The van der Waals surface area contributed by atoms with Crippen LogP contribution in [-0.2, 0) is 19.9 Å². The first-order valence-electron chi connectivity index (χ1n) is 6.59. The Labute approximate surface area is 121 Å². The third kappa shape index (κ3) is 1.41. The first-order valence-corrected chi connectivity index (χ1v) is 6.97. The van der Waals surface area contributed by atoms with Crippen molar-refractivity contribution in [1.82, 2.24) is 9.78 Å². The Bertz CT molecular complexity index is 689. The number of nitrogens with zero attached hydrogens (tertiary/aromatic N) is 2. The molecule has 2 aliphatic rings. The summed E-state index contributed by atoms with van der Waals surface area (Å²) in [6, 6.07) is 0. The highest BCUT2D eigenvalue weighted by atomic mass is 35.5. The van der Waals surface area contributed by atoms with Crippen LogP contribution in [0.3, 0.4) is 0 Å². The molecular weight excluding hydrogens is 278 g/mol. The number of ether oxygens (including phenoxy) is 2. The highest BCUT2D eigenvalue weighted by Crippen LogP contribution is 2.51. The van der Waals surface area contributed by atoms with Crippen LogP contribution in [0.1, 0.15) is 11.1 Å². The van der Waals surface area contributed by atoms with Crippen molar-refractivity contribution in [3.05, 3.63) is 22.3 Å². The number of aryl methyl sites for hydroxylation is 1. The molecule has 2 N–H and O–H groups in total. The summed E-state index contributed by atoms with van der Waals surface area (Å²) >= 11 is 6.45. The largest absolute Gasteiger partial charge is 0.492 e. The van der Waals surface area contributed by atoms with Crippen molar-refractivity contribution >= 4 is 17.4 Å². The van der Waals surface area contributed by atoms with Crippen molar-refractivity contribution in [2.75, 3.05) is 18.9 Å². The lowest BCUT2D eigenvalue weighted by molar-refractivity contribution is 0.356. The van der Waals surface area contributed by atoms with Crippen molar-refractivity contribution < 1.29 is 9.47 Å². The van der Waals surface area contributed by atoms with E-state index in [1.165, 1.54) is 0 Å². The number of benzene rings is 1. The van der Waals surface area contributed by atoms with Crippen LogP contribution >= 0.6 is 11.6 Å². The molecule has 104 valence electrons. The molecule has 1 aromatic heterocycles. The zero-order valence-corrected chi connectivity index (χ0v) is 11.8. The molecule has 2 aromatic rings. The summed E-state index contributed by atoms with van der Waals surface area (Å²) in [5.41, 5.74) is 10.1. The van der Waals surface area contributed by atoms with Gasteiger partial charge in [-0.1, -0.05) is 11.6 Å². The van der Waals surface area contributed by atoms with Gasteiger partial charge in [-0.2, -0.15) is 5.10 Å². The Morgan fingerprint density at radius 2 is 1.90 bits per heavy atom. The quantitative estimate of drug-likeness (QED) is 0.875. The lowest BCUT2D eigenvalue weighted by Gasteiger charge is -2.14. The van der Waals surface area contributed by atoms with Crippen LogP contribution in [0.2, 0.25) is 5.02 Å². The highest BCUT2D eigenvalue weighted by molar-refractivity contribution is 6.33. The highest BCUT2D eigenvalue weighted by Gasteiger charge is 2.32. The number of fused-ring (bicyclic) bond motifs is 2. The van der Waals surface area contributed by atoms with E-state index in [1.807, 2.05) is 7.05 Å². The minimum Gasteiger partial charge on any atom is -0.492 e. The number of nitrogen functional groups attached to an aromatic ring is 1. The molecular formula is C14H14ClN3O2. The van der Waals surface area contributed by atoms with Crippen LogP contribution in [0.5, 0.6) is 11.5 Å². The molecule has 3 heterocycles. The zero-order chi connectivity index (χ0) is 13.9. The normalized spacial score (nSPS) is 15.7. The van der Waals surface area contributed by atoms with Gasteiger partial charge >= 0.3 is 0 Å². The number of aromatic nitrogens is 2. The van der Waals surface area contributed by atoms with E-state index in [0.717, 1.165) is 46.6 Å². The minimum atomic E-state index is 0.624. The van der Waals surface area contributed by atoms with E-state index in [-0.39, 0.29) is 0 Å². The van der Waals surface area contributed by atoms with Crippen LogP contribution in [-0.4, -0.2) is 23.0 Å². The van der Waals surface area contributed by atoms with Crippen LogP contribution in [0.15, 0.2) is 6.20 Å². The van der Waals surface area contributed by atoms with Crippen molar-refractivity contribution in [2.24, 2.45) is 7.05 Å². The number of hydrogen-bond acceptors (Lipinski definition) is 4. The predicted octanol–water partition coefficient (Wildman–Crippen LogP) is 2.19. The summed E-state index contributed by atoms with van der Waals surface area (Å²) in [6.45, 7) is 1.29. The molecule has 0 saturated carbocycles. The molecule has 0 fully saturated rings. The van der Waals surface area contributed by atoms with Gasteiger partial charge in [0.1, 0.15) is 17.3 Å². The Morgan fingerprint density at radius 1 is 1.20 bits per heavy atom. The first kappa shape index (κ1) is 11.9. The lowest BCUT2D eigenvalue weighted by Crippen LogP contribution is -2.00. The summed E-state index contributed by atoms with van der Waals surface area (Å²) in [5, 5.41) is 4.92. The standard InChI is InChI=1S/C14H14ClN3O2/c1-18-14(16)9(6-17-18)10-7-2-4-20-13(7)11(15)8-3-5-19-12(8)10/h6H,2-5,16H2,1H3. The van der Waals surface area contributed by atoms with E-state index in [4.69, 9.17) is 26.8 Å². The molecule has 0 unspecified atom stereocenters. The molecule has 0 spiro atoms. The fourth-order valence-corrected chi connectivity index (χ4v) is 3.33. The van der Waals surface area contributed by atoms with Crippen molar-refractivity contribution in [3.63, 3.8) is 0 Å². The third-order valence-corrected chi connectivity index (χ3v) is 4.39. The van der Waals surface area contributed by atoms with E-state index in [1.54, 1.807) is 10.9 Å². The van der Waals surface area contributed by atoms with Gasteiger partial charge in [-0.25, -0.2) is 0 Å². The van der Waals surface area contributed by atoms with Crippen LogP contribution in [0.4, 0.5) is 5.82 Å². The Hall–Kier alpha value is -1.88. The van der Waals surface area contributed by atoms with Crippen molar-refractivity contribution in [2.45, 2.75) is 12.8 Å². The molecule has 20 heavy (non-hydrogen) atoms. The lowest BCUT2D eigenvalue weighted by atomic mass is 9.95. The monoisotopic (exact) mass is 291 g/mol. The molecule has 0 bridgehead atoms. The maximum absolute atomic E-state index is 6.45. The molecule has 0 amide bonds. The first-order chi connectivity index (χ1) is 9.68. The smallest absolute Gasteiger partial charge is 0.142 e. The third-order valence-electron chi connectivity index (χ3n) is 3.99. The van der Waals surface area contributed by atoms with E-state index in [2.05, 4.69) is 5.10 Å². The van der Waals surface area contributed by atoms with Crippen LogP contribution < -0.4 is 15.2 Å². The molecule has 1 aromatic carbocycles. The molecule has 0 saturated heterocycles. The average Bonchev–Trinajstić information content (AvgIpc) is 3.14. The van der Waals surface area contributed by atoms with E-state index >= 15 is 0 Å². The summed E-state index contributed by atoms with van der Waals surface area (Å²) < 4.78 is 13.2. The predicted molar refractivity (Wildman–Crippen MR) is 76.5 cm³/mol. The Kier molecular flexibility index (Phi) is 2.41. The van der Waals surface area contributed by atoms with E-state index in [9.17, 15) is 0 Å². The molecule has 5 nitrogen and oxygen atoms in total. The topological polar surface area (TPSA) is 62.3 Å². The zero-order valence-electron chi connectivity index (χ0n) is 11.1. The van der Waals surface area contributed by atoms with E-state index in [0.29, 0.717) is 24.1 Å². The SMILES string of the molecule is Cn1ncc(-c2c3c(c(Cl)c4c2OCC4)OCC3)c1N. The van der Waals surface area contributed by atoms with Crippen molar-refractivity contribution in [1.29, 1.82) is 0 Å². The van der Waals surface area contributed by atoms with Gasteiger partial charge in [0, 0.05) is 42.1 Å². The maximum Gasteiger partial charge on any atom is 0.142 e. The molecule has 0 atom stereocenters. The number of hydrogen-bond donors (Lipinski definition) is 1. The second-order valence-corrected chi connectivity index (χ2v) is 5.45. The maximum atomic E-state index is 6.45. The second-order valence-electron chi connectivity index (χ2n) is 5.07. The van der Waals surface area contributed by atoms with E-state index < -0.39 is 0 Å². The van der Waals surface area contributed by atoms with Gasteiger partial charge in [0.2, 0.25) is 0 Å². The van der Waals surface area contributed by atoms with Gasteiger partial charge in [-0.15, -0.1) is 0 Å². The fraction of sp³-hybridized carbons (Fsp3) is 0.357. The summed E-state index contributed by atoms with van der Waals surface area (Å²) in [6.07, 6.45) is 3.40. The number of anilines is 1. The minimum absolute atomic E-state index is 0.624. The number of rotatable bonds is 1. The molecule has 0 radical (unpaired) electrons. The molecule has 2 aliphatic heterocycles. The van der Waals surface area contributed by atoms with Gasteiger partial charge in [0.15, 0.2) is 0 Å². The molecule has 4 rings (SSSR count). The molecule has 6 heteroatoms. The van der Waals surface area contributed by atoms with Gasteiger partial charge in [-0.05, 0) is 0 Å². The summed E-state index contributed by atoms with van der Waals surface area (Å²) in [5.74, 6) is 2.26. The number of nitrogens with two attached hydrogens (primary N) is 1. The van der Waals surface area contributed by atoms with Gasteiger partial charge in [0.25, 0.3) is 0 Å². The molecule has 0 aliphatic carbocycles. The van der Waals surface area contributed by atoms with Crippen LogP contribution in [0.25, 0.3) is 11.1 Å². The fourth-order valence-electron chi connectivity index (χ4n) is 2.98. The Morgan fingerprint density at radius 3 is 2.60 bits per heavy atom. The van der Waals surface area contributed by atoms with Gasteiger partial charge in [-0.3, -0.25) is 4.68 Å². The van der Waals surface area contributed by atoms with Crippen molar-refractivity contribution in [3.8, 4) is 22.6 Å².